The Morgan fingerprint density at radius 2 is 1.90 bits per heavy atom. The van der Waals surface area contributed by atoms with Crippen LogP contribution in [0.25, 0.3) is 0 Å². The summed E-state index contributed by atoms with van der Waals surface area (Å²) in [5.41, 5.74) is 0. The monoisotopic (exact) mass is 294 g/mol. The zero-order valence-electron chi connectivity index (χ0n) is 12.4. The number of unbranched alkanes of at least 4 members (excludes halogenated alkanes) is 4. The molecule has 0 radical (unpaired) electrons. The van der Waals surface area contributed by atoms with Crippen LogP contribution in [-0.4, -0.2) is 23.2 Å². The first-order valence-corrected chi connectivity index (χ1v) is 8.61. The van der Waals surface area contributed by atoms with Gasteiger partial charge in [-0.25, -0.2) is 0 Å². The van der Waals surface area contributed by atoms with Gasteiger partial charge in [0.2, 0.25) is 5.91 Å². The van der Waals surface area contributed by atoms with Crippen LogP contribution in [0.2, 0.25) is 0 Å². The maximum atomic E-state index is 11.6. The minimum absolute atomic E-state index is 0.204. The first kappa shape index (κ1) is 17.0. The van der Waals surface area contributed by atoms with Crippen molar-refractivity contribution in [2.24, 2.45) is 0 Å². The van der Waals surface area contributed by atoms with E-state index < -0.39 is 0 Å². The van der Waals surface area contributed by atoms with E-state index >= 15 is 0 Å². The fourth-order valence-electron chi connectivity index (χ4n) is 1.90. The number of amides is 1. The van der Waals surface area contributed by atoms with Crippen LogP contribution in [0.1, 0.15) is 51.9 Å². The lowest BCUT2D eigenvalue weighted by Gasteiger charge is -2.05. The summed E-state index contributed by atoms with van der Waals surface area (Å²) in [4.78, 5) is 16.8. The lowest BCUT2D eigenvalue weighted by atomic mass is 10.1. The molecule has 0 spiro atoms. The molecule has 3 nitrogen and oxygen atoms in total. The Hall–Kier alpha value is -1.03. The summed E-state index contributed by atoms with van der Waals surface area (Å²) >= 11 is 1.81. The van der Waals surface area contributed by atoms with Gasteiger partial charge in [0.1, 0.15) is 0 Å². The van der Waals surface area contributed by atoms with Crippen LogP contribution in [0.15, 0.2) is 29.4 Å². The van der Waals surface area contributed by atoms with Crippen LogP contribution < -0.4 is 5.32 Å². The average Bonchev–Trinajstić information content (AvgIpc) is 2.48. The van der Waals surface area contributed by atoms with Crippen molar-refractivity contribution in [3.8, 4) is 0 Å². The molecule has 0 bridgehead atoms. The van der Waals surface area contributed by atoms with E-state index in [-0.39, 0.29) is 5.91 Å². The molecule has 0 fully saturated rings. The van der Waals surface area contributed by atoms with Crippen LogP contribution in [0, 0.1) is 0 Å². The van der Waals surface area contributed by atoms with Gasteiger partial charge in [-0.15, -0.1) is 11.8 Å². The van der Waals surface area contributed by atoms with E-state index in [2.05, 4.69) is 17.2 Å². The summed E-state index contributed by atoms with van der Waals surface area (Å²) in [6.45, 7) is 2.99. The highest BCUT2D eigenvalue weighted by Gasteiger charge is 2.00. The number of nitrogens with zero attached hydrogens (tertiary/aromatic N) is 1. The predicted octanol–water partition coefficient (Wildman–Crippen LogP) is 4.04. The van der Waals surface area contributed by atoms with Gasteiger partial charge in [-0.2, -0.15) is 0 Å². The molecule has 0 aliphatic carbocycles. The number of hydrogen-bond donors (Lipinski definition) is 1. The zero-order chi connectivity index (χ0) is 14.5. The first-order valence-electron chi connectivity index (χ1n) is 7.62. The van der Waals surface area contributed by atoms with Gasteiger partial charge in [0.15, 0.2) is 0 Å². The molecule has 1 N–H and O–H groups in total. The SMILES string of the molecule is CCCCCCCC(=O)NCCCSc1ccncc1. The number of thioether (sulfide) groups is 1. The van der Waals surface area contributed by atoms with E-state index in [4.69, 9.17) is 0 Å². The highest BCUT2D eigenvalue weighted by atomic mass is 32.2. The van der Waals surface area contributed by atoms with E-state index in [9.17, 15) is 4.79 Å². The van der Waals surface area contributed by atoms with Gasteiger partial charge in [-0.05, 0) is 30.7 Å². The lowest BCUT2D eigenvalue weighted by molar-refractivity contribution is -0.121. The number of hydrogen-bond acceptors (Lipinski definition) is 3. The molecule has 20 heavy (non-hydrogen) atoms. The highest BCUT2D eigenvalue weighted by molar-refractivity contribution is 7.99. The zero-order valence-corrected chi connectivity index (χ0v) is 13.3. The summed E-state index contributed by atoms with van der Waals surface area (Å²) < 4.78 is 0. The molecule has 1 amide bonds. The maximum absolute atomic E-state index is 11.6. The van der Waals surface area contributed by atoms with Gasteiger partial charge >= 0.3 is 0 Å². The van der Waals surface area contributed by atoms with Gasteiger partial charge in [0.05, 0.1) is 0 Å². The Morgan fingerprint density at radius 3 is 2.65 bits per heavy atom. The summed E-state index contributed by atoms with van der Waals surface area (Å²) in [5.74, 6) is 1.23. The molecule has 1 rings (SSSR count). The van der Waals surface area contributed by atoms with E-state index in [1.807, 2.05) is 36.3 Å². The van der Waals surface area contributed by atoms with Crippen molar-refractivity contribution in [1.82, 2.24) is 10.3 Å². The molecule has 0 unspecified atom stereocenters. The summed E-state index contributed by atoms with van der Waals surface area (Å²) in [6, 6.07) is 4.03. The summed E-state index contributed by atoms with van der Waals surface area (Å²) in [5, 5.41) is 3.00. The molecule has 0 aromatic carbocycles. The third-order valence-electron chi connectivity index (χ3n) is 3.07. The van der Waals surface area contributed by atoms with Gasteiger partial charge in [-0.3, -0.25) is 9.78 Å². The number of carbonyl (C=O) groups excluding carboxylic acids is 1. The molecular weight excluding hydrogens is 268 g/mol. The molecule has 0 saturated carbocycles. The van der Waals surface area contributed by atoms with Crippen molar-refractivity contribution in [2.45, 2.75) is 56.8 Å². The van der Waals surface area contributed by atoms with Crippen LogP contribution in [-0.2, 0) is 4.79 Å². The molecule has 0 saturated heterocycles. The van der Waals surface area contributed by atoms with Gasteiger partial charge in [0, 0.05) is 30.3 Å². The molecule has 0 aliphatic rings. The number of rotatable bonds is 11. The van der Waals surface area contributed by atoms with Gasteiger partial charge in [-0.1, -0.05) is 32.6 Å². The number of aromatic nitrogens is 1. The highest BCUT2D eigenvalue weighted by Crippen LogP contribution is 2.16. The molecule has 0 atom stereocenters. The van der Waals surface area contributed by atoms with E-state index in [1.54, 1.807) is 0 Å². The molecule has 1 aromatic rings. The number of nitrogens with one attached hydrogen (secondary N) is 1. The Bertz CT molecular complexity index is 357. The van der Waals surface area contributed by atoms with Gasteiger partial charge < -0.3 is 5.32 Å². The third kappa shape index (κ3) is 8.97. The Labute approximate surface area is 126 Å². The molecular formula is C16H26N2OS. The van der Waals surface area contributed by atoms with Crippen LogP contribution in [0.4, 0.5) is 0 Å². The minimum atomic E-state index is 0.204. The second-order valence-electron chi connectivity index (χ2n) is 4.90. The Morgan fingerprint density at radius 1 is 1.15 bits per heavy atom. The summed E-state index contributed by atoms with van der Waals surface area (Å²) in [6.07, 6.45) is 11.3. The molecule has 4 heteroatoms. The third-order valence-corrected chi connectivity index (χ3v) is 4.17. The normalized spacial score (nSPS) is 10.4. The van der Waals surface area contributed by atoms with E-state index in [1.165, 1.54) is 30.6 Å². The smallest absolute Gasteiger partial charge is 0.219 e. The number of pyridine rings is 1. The van der Waals surface area contributed by atoms with Crippen molar-refractivity contribution in [3.05, 3.63) is 24.5 Å². The van der Waals surface area contributed by atoms with Crippen LogP contribution in [0.5, 0.6) is 0 Å². The lowest BCUT2D eigenvalue weighted by Crippen LogP contribution is -2.24. The van der Waals surface area contributed by atoms with Crippen molar-refractivity contribution < 1.29 is 4.79 Å². The second kappa shape index (κ2) is 11.8. The van der Waals surface area contributed by atoms with E-state index in [0.29, 0.717) is 6.42 Å². The molecule has 0 aliphatic heterocycles. The maximum Gasteiger partial charge on any atom is 0.219 e. The summed E-state index contributed by atoms with van der Waals surface area (Å²) in [7, 11) is 0. The Balaban J connectivity index is 1.91. The van der Waals surface area contributed by atoms with Crippen molar-refractivity contribution >= 4 is 17.7 Å². The largest absolute Gasteiger partial charge is 0.356 e. The fraction of sp³-hybridized carbons (Fsp3) is 0.625. The standard InChI is InChI=1S/C16H26N2OS/c1-2-3-4-5-6-8-16(19)18-11-7-14-20-15-9-12-17-13-10-15/h9-10,12-13H,2-8,11,14H2,1H3,(H,18,19). The van der Waals surface area contributed by atoms with Crippen molar-refractivity contribution in [3.63, 3.8) is 0 Å². The molecule has 112 valence electrons. The predicted molar refractivity (Wildman–Crippen MR) is 86.0 cm³/mol. The van der Waals surface area contributed by atoms with Crippen molar-refractivity contribution in [2.75, 3.05) is 12.3 Å². The fourth-order valence-corrected chi connectivity index (χ4v) is 2.74. The molecule has 1 heterocycles. The van der Waals surface area contributed by atoms with E-state index in [0.717, 1.165) is 25.1 Å². The van der Waals surface area contributed by atoms with Crippen molar-refractivity contribution in [1.29, 1.82) is 0 Å². The minimum Gasteiger partial charge on any atom is -0.356 e. The van der Waals surface area contributed by atoms with Crippen LogP contribution in [0.3, 0.4) is 0 Å². The van der Waals surface area contributed by atoms with Gasteiger partial charge in [0.25, 0.3) is 0 Å². The number of carbonyl (C=O) groups is 1. The average molecular weight is 294 g/mol. The molecule has 1 aromatic heterocycles. The topological polar surface area (TPSA) is 42.0 Å². The second-order valence-corrected chi connectivity index (χ2v) is 6.07. The first-order chi connectivity index (χ1) is 9.83. The Kier molecular flexibility index (Phi) is 10.0. The quantitative estimate of drug-likeness (QED) is 0.495. The van der Waals surface area contributed by atoms with Crippen LogP contribution >= 0.6 is 11.8 Å².